The van der Waals surface area contributed by atoms with E-state index in [-0.39, 0.29) is 6.54 Å². The van der Waals surface area contributed by atoms with Crippen LogP contribution in [0.3, 0.4) is 0 Å². The molecule has 1 saturated carbocycles. The minimum absolute atomic E-state index is 0.268. The van der Waals surface area contributed by atoms with E-state index in [4.69, 9.17) is 5.73 Å². The van der Waals surface area contributed by atoms with Crippen LogP contribution in [0.25, 0.3) is 0 Å². The van der Waals surface area contributed by atoms with Gasteiger partial charge in [0, 0.05) is 13.1 Å². The minimum atomic E-state index is -3.43. The highest BCUT2D eigenvalue weighted by Crippen LogP contribution is 2.32. The maximum absolute atomic E-state index is 12.1. The topological polar surface area (TPSA) is 72.2 Å². The lowest BCUT2D eigenvalue weighted by molar-refractivity contribution is 0.443. The van der Waals surface area contributed by atoms with Gasteiger partial charge in [-0.1, -0.05) is 43.5 Å². The lowest BCUT2D eigenvalue weighted by Gasteiger charge is -2.22. The molecular weight excluding hydrogens is 284 g/mol. The van der Waals surface area contributed by atoms with Crippen molar-refractivity contribution in [3.05, 3.63) is 42.0 Å². The molecule has 0 heterocycles. The third-order valence-electron chi connectivity index (χ3n) is 3.96. The molecule has 0 aliphatic heterocycles. The molecule has 1 aliphatic rings. The van der Waals surface area contributed by atoms with Crippen LogP contribution < -0.4 is 10.5 Å². The van der Waals surface area contributed by atoms with Crippen molar-refractivity contribution in [3.8, 4) is 0 Å². The van der Waals surface area contributed by atoms with Crippen LogP contribution in [0.2, 0.25) is 0 Å². The lowest BCUT2D eigenvalue weighted by Crippen LogP contribution is -2.23. The molecule has 0 spiro atoms. The maximum atomic E-state index is 12.1. The molecule has 5 heteroatoms. The molecule has 0 aromatic heterocycles. The van der Waals surface area contributed by atoms with Gasteiger partial charge in [0.1, 0.15) is 0 Å². The first-order valence-electron chi connectivity index (χ1n) is 7.58. The molecule has 3 N–H and O–H groups in total. The van der Waals surface area contributed by atoms with Crippen LogP contribution in [-0.4, -0.2) is 21.5 Å². The Bertz CT molecular complexity index is 558. The minimum Gasteiger partial charge on any atom is -0.327 e. The summed E-state index contributed by atoms with van der Waals surface area (Å²) in [5.41, 5.74) is 6.57. The van der Waals surface area contributed by atoms with Gasteiger partial charge in [-0.25, -0.2) is 13.1 Å². The smallest absolute Gasteiger partial charge is 0.240 e. The summed E-state index contributed by atoms with van der Waals surface area (Å²) in [5.74, 6) is 0.593. The van der Waals surface area contributed by atoms with E-state index in [2.05, 4.69) is 4.72 Å². The Hall–Kier alpha value is -1.17. The van der Waals surface area contributed by atoms with E-state index in [9.17, 15) is 8.42 Å². The zero-order valence-electron chi connectivity index (χ0n) is 12.3. The third-order valence-corrected chi connectivity index (χ3v) is 5.40. The van der Waals surface area contributed by atoms with Crippen molar-refractivity contribution in [1.82, 2.24) is 4.72 Å². The fraction of sp³-hybridized carbons (Fsp3) is 0.500. The van der Waals surface area contributed by atoms with Crippen LogP contribution >= 0.6 is 0 Å². The Labute approximate surface area is 127 Å². The number of rotatable bonds is 6. The van der Waals surface area contributed by atoms with Crippen molar-refractivity contribution >= 4 is 10.0 Å². The summed E-state index contributed by atoms with van der Waals surface area (Å²) in [5, 5.41) is 0. The molecule has 1 aliphatic carbocycles. The SMILES string of the molecule is NC/C=C/CNS(=O)(=O)c1ccc(C2CCCCC2)cc1. The first kappa shape index (κ1) is 16.2. The van der Waals surface area contributed by atoms with E-state index in [0.717, 1.165) is 0 Å². The number of hydrogen-bond acceptors (Lipinski definition) is 3. The molecule has 0 amide bonds. The van der Waals surface area contributed by atoms with Crippen LogP contribution in [0.5, 0.6) is 0 Å². The molecule has 1 fully saturated rings. The summed E-state index contributed by atoms with van der Waals surface area (Å²) >= 11 is 0. The summed E-state index contributed by atoms with van der Waals surface area (Å²) in [6.07, 6.45) is 9.76. The summed E-state index contributed by atoms with van der Waals surface area (Å²) < 4.78 is 26.8. The standard InChI is InChI=1S/C16H24N2O2S/c17-12-4-5-13-18-21(19,20)16-10-8-15(9-11-16)14-6-2-1-3-7-14/h4-5,8-11,14,18H,1-3,6-7,12-13,17H2/b5-4+. The number of hydrogen-bond donors (Lipinski definition) is 2. The first-order chi connectivity index (χ1) is 10.1. The Morgan fingerprint density at radius 3 is 2.38 bits per heavy atom. The molecular formula is C16H24N2O2S. The fourth-order valence-electron chi connectivity index (χ4n) is 2.78. The summed E-state index contributed by atoms with van der Waals surface area (Å²) in [6.45, 7) is 0.682. The van der Waals surface area contributed by atoms with Crippen molar-refractivity contribution in [1.29, 1.82) is 0 Å². The van der Waals surface area contributed by atoms with Gasteiger partial charge in [-0.2, -0.15) is 0 Å². The number of sulfonamides is 1. The molecule has 0 bridgehead atoms. The fourth-order valence-corrected chi connectivity index (χ4v) is 3.75. The average Bonchev–Trinajstić information content (AvgIpc) is 2.53. The second-order valence-electron chi connectivity index (χ2n) is 5.46. The molecule has 0 unspecified atom stereocenters. The lowest BCUT2D eigenvalue weighted by atomic mass is 9.84. The van der Waals surface area contributed by atoms with Gasteiger partial charge in [0.05, 0.1) is 4.90 Å². The first-order valence-corrected chi connectivity index (χ1v) is 9.06. The molecule has 116 valence electrons. The number of nitrogens with two attached hydrogens (primary N) is 1. The monoisotopic (exact) mass is 308 g/mol. The molecule has 1 aromatic carbocycles. The van der Waals surface area contributed by atoms with Gasteiger partial charge in [0.2, 0.25) is 10.0 Å². The predicted octanol–water partition coefficient (Wildman–Crippen LogP) is 2.53. The average molecular weight is 308 g/mol. The van der Waals surface area contributed by atoms with E-state index in [1.165, 1.54) is 37.7 Å². The molecule has 1 aromatic rings. The van der Waals surface area contributed by atoms with Crippen LogP contribution in [0.1, 0.15) is 43.6 Å². The quantitative estimate of drug-likeness (QED) is 0.793. The molecule has 4 nitrogen and oxygen atoms in total. The highest BCUT2D eigenvalue weighted by Gasteiger charge is 2.17. The maximum Gasteiger partial charge on any atom is 0.240 e. The molecule has 21 heavy (non-hydrogen) atoms. The molecule has 0 radical (unpaired) electrons. The van der Waals surface area contributed by atoms with Crippen LogP contribution in [-0.2, 0) is 10.0 Å². The Kier molecular flexibility index (Phi) is 5.96. The van der Waals surface area contributed by atoms with Crippen LogP contribution in [0, 0.1) is 0 Å². The molecule has 0 saturated heterocycles. The van der Waals surface area contributed by atoms with Crippen molar-refractivity contribution in [2.75, 3.05) is 13.1 Å². The predicted molar refractivity (Wildman–Crippen MR) is 85.7 cm³/mol. The van der Waals surface area contributed by atoms with E-state index in [1.807, 2.05) is 12.1 Å². The van der Waals surface area contributed by atoms with Crippen molar-refractivity contribution in [2.24, 2.45) is 5.73 Å². The number of nitrogens with one attached hydrogen (secondary N) is 1. The molecule has 0 atom stereocenters. The Balaban J connectivity index is 2.01. The van der Waals surface area contributed by atoms with Crippen molar-refractivity contribution < 1.29 is 8.42 Å². The second-order valence-corrected chi connectivity index (χ2v) is 7.23. The summed E-state index contributed by atoms with van der Waals surface area (Å²) in [7, 11) is -3.43. The van der Waals surface area contributed by atoms with E-state index in [1.54, 1.807) is 24.3 Å². The normalized spacial score (nSPS) is 17.4. The van der Waals surface area contributed by atoms with Gasteiger partial charge in [-0.3, -0.25) is 0 Å². The van der Waals surface area contributed by atoms with Gasteiger partial charge in [-0.15, -0.1) is 0 Å². The Morgan fingerprint density at radius 2 is 1.76 bits per heavy atom. The second kappa shape index (κ2) is 7.73. The van der Waals surface area contributed by atoms with Gasteiger partial charge >= 0.3 is 0 Å². The Morgan fingerprint density at radius 1 is 1.10 bits per heavy atom. The summed E-state index contributed by atoms with van der Waals surface area (Å²) in [4.78, 5) is 0.322. The van der Waals surface area contributed by atoms with E-state index < -0.39 is 10.0 Å². The zero-order valence-corrected chi connectivity index (χ0v) is 13.1. The van der Waals surface area contributed by atoms with Crippen molar-refractivity contribution in [2.45, 2.75) is 42.9 Å². The highest BCUT2D eigenvalue weighted by atomic mass is 32.2. The van der Waals surface area contributed by atoms with E-state index >= 15 is 0 Å². The largest absolute Gasteiger partial charge is 0.327 e. The molecule has 2 rings (SSSR count). The summed E-state index contributed by atoms with van der Waals surface area (Å²) in [6, 6.07) is 7.33. The van der Waals surface area contributed by atoms with Gasteiger partial charge in [-0.05, 0) is 36.5 Å². The highest BCUT2D eigenvalue weighted by molar-refractivity contribution is 7.89. The van der Waals surface area contributed by atoms with E-state index in [0.29, 0.717) is 17.4 Å². The van der Waals surface area contributed by atoms with Gasteiger partial charge < -0.3 is 5.73 Å². The van der Waals surface area contributed by atoms with Gasteiger partial charge in [0.25, 0.3) is 0 Å². The van der Waals surface area contributed by atoms with Gasteiger partial charge in [0.15, 0.2) is 0 Å². The third kappa shape index (κ3) is 4.66. The zero-order chi connectivity index (χ0) is 15.1. The van der Waals surface area contributed by atoms with Crippen molar-refractivity contribution in [3.63, 3.8) is 0 Å². The van der Waals surface area contributed by atoms with Crippen LogP contribution in [0.15, 0.2) is 41.3 Å². The number of benzene rings is 1. The van der Waals surface area contributed by atoms with Crippen LogP contribution in [0.4, 0.5) is 0 Å².